The Morgan fingerprint density at radius 3 is 2.44 bits per heavy atom. The SMILES string of the molecule is CO[C@@]1(C)C=CC(S(=O)(=O)OC(C)C)=CC1. The van der Waals surface area contributed by atoms with Crippen molar-refractivity contribution in [2.45, 2.75) is 38.9 Å². The molecule has 0 radical (unpaired) electrons. The van der Waals surface area contributed by atoms with Gasteiger partial charge in [0.1, 0.15) is 0 Å². The molecule has 0 heterocycles. The third kappa shape index (κ3) is 3.17. The summed E-state index contributed by atoms with van der Waals surface area (Å²) < 4.78 is 33.6. The van der Waals surface area contributed by atoms with Crippen LogP contribution in [0, 0.1) is 0 Å². The monoisotopic (exact) mass is 246 g/mol. The van der Waals surface area contributed by atoms with Crippen LogP contribution >= 0.6 is 0 Å². The Hall–Kier alpha value is -0.650. The minimum atomic E-state index is -3.62. The highest BCUT2D eigenvalue weighted by atomic mass is 32.2. The summed E-state index contributed by atoms with van der Waals surface area (Å²) in [6, 6.07) is 0. The van der Waals surface area contributed by atoms with Gasteiger partial charge in [-0.15, -0.1) is 0 Å². The van der Waals surface area contributed by atoms with Crippen molar-refractivity contribution >= 4 is 10.1 Å². The molecular weight excluding hydrogens is 228 g/mol. The first kappa shape index (κ1) is 13.4. The maximum atomic E-state index is 11.7. The third-order valence-electron chi connectivity index (χ3n) is 2.38. The van der Waals surface area contributed by atoms with E-state index < -0.39 is 15.7 Å². The van der Waals surface area contributed by atoms with Crippen LogP contribution in [0.5, 0.6) is 0 Å². The predicted molar refractivity (Wildman–Crippen MR) is 62.4 cm³/mol. The molecule has 0 saturated carbocycles. The smallest absolute Gasteiger partial charge is 0.296 e. The molecule has 4 nitrogen and oxygen atoms in total. The highest BCUT2D eigenvalue weighted by molar-refractivity contribution is 7.90. The van der Waals surface area contributed by atoms with Gasteiger partial charge < -0.3 is 4.74 Å². The van der Waals surface area contributed by atoms with Gasteiger partial charge in [-0.25, -0.2) is 0 Å². The Kier molecular flexibility index (Phi) is 3.93. The van der Waals surface area contributed by atoms with Crippen molar-refractivity contribution in [1.29, 1.82) is 0 Å². The lowest BCUT2D eigenvalue weighted by atomic mass is 9.98. The Morgan fingerprint density at radius 2 is 2.06 bits per heavy atom. The first-order chi connectivity index (χ1) is 7.29. The number of hydrogen-bond donors (Lipinski definition) is 0. The molecule has 1 rings (SSSR count). The van der Waals surface area contributed by atoms with E-state index >= 15 is 0 Å². The van der Waals surface area contributed by atoms with Crippen molar-refractivity contribution in [1.82, 2.24) is 0 Å². The second-order valence-corrected chi connectivity index (χ2v) is 5.83. The molecule has 0 N–H and O–H groups in total. The van der Waals surface area contributed by atoms with Gasteiger partial charge in [-0.2, -0.15) is 8.42 Å². The number of methoxy groups -OCH3 is 1. The molecule has 0 aliphatic heterocycles. The maximum Gasteiger partial charge on any atom is 0.296 e. The van der Waals surface area contributed by atoms with Crippen molar-refractivity contribution in [2.24, 2.45) is 0 Å². The van der Waals surface area contributed by atoms with Crippen LogP contribution in [0.1, 0.15) is 27.2 Å². The number of hydrogen-bond acceptors (Lipinski definition) is 4. The van der Waals surface area contributed by atoms with Crippen LogP contribution in [0.2, 0.25) is 0 Å². The Labute approximate surface area is 97.1 Å². The number of ether oxygens (including phenoxy) is 1. The van der Waals surface area contributed by atoms with Crippen LogP contribution in [0.15, 0.2) is 23.1 Å². The lowest BCUT2D eigenvalue weighted by molar-refractivity contribution is 0.0504. The molecule has 1 aliphatic carbocycles. The topological polar surface area (TPSA) is 52.6 Å². The normalized spacial score (nSPS) is 25.9. The van der Waals surface area contributed by atoms with E-state index in [1.807, 2.05) is 6.92 Å². The zero-order valence-electron chi connectivity index (χ0n) is 10.1. The molecule has 16 heavy (non-hydrogen) atoms. The first-order valence-corrected chi connectivity index (χ1v) is 6.58. The average Bonchev–Trinajstić information content (AvgIpc) is 2.16. The van der Waals surface area contributed by atoms with Gasteiger partial charge in [0.25, 0.3) is 10.1 Å². The van der Waals surface area contributed by atoms with E-state index in [0.29, 0.717) is 6.42 Å². The molecule has 0 unspecified atom stereocenters. The van der Waals surface area contributed by atoms with Crippen LogP contribution < -0.4 is 0 Å². The lowest BCUT2D eigenvalue weighted by Gasteiger charge is -2.26. The fourth-order valence-electron chi connectivity index (χ4n) is 1.34. The number of rotatable bonds is 4. The van der Waals surface area contributed by atoms with Crippen molar-refractivity contribution in [2.75, 3.05) is 7.11 Å². The fraction of sp³-hybridized carbons (Fsp3) is 0.636. The van der Waals surface area contributed by atoms with Crippen LogP contribution in [0.4, 0.5) is 0 Å². The molecule has 0 bridgehead atoms. The molecule has 0 saturated heterocycles. The summed E-state index contributed by atoms with van der Waals surface area (Å²) in [4.78, 5) is 0.204. The fourth-order valence-corrected chi connectivity index (χ4v) is 2.48. The van der Waals surface area contributed by atoms with Crippen LogP contribution in [0.3, 0.4) is 0 Å². The summed E-state index contributed by atoms with van der Waals surface area (Å²) in [6.07, 6.45) is 5.07. The number of allylic oxidation sites excluding steroid dienone is 1. The van der Waals surface area contributed by atoms with Gasteiger partial charge in [-0.1, -0.05) is 12.2 Å². The summed E-state index contributed by atoms with van der Waals surface area (Å²) in [5.41, 5.74) is -0.420. The Bertz CT molecular complexity index is 406. The van der Waals surface area contributed by atoms with E-state index in [1.165, 1.54) is 6.08 Å². The largest absolute Gasteiger partial charge is 0.374 e. The quantitative estimate of drug-likeness (QED) is 0.712. The molecule has 0 amide bonds. The molecular formula is C11H18O4S. The van der Waals surface area contributed by atoms with Crippen molar-refractivity contribution in [3.8, 4) is 0 Å². The minimum absolute atomic E-state index is 0.204. The van der Waals surface area contributed by atoms with Gasteiger partial charge in [0.05, 0.1) is 16.6 Å². The van der Waals surface area contributed by atoms with Gasteiger partial charge in [0.15, 0.2) is 0 Å². The Morgan fingerprint density at radius 1 is 1.44 bits per heavy atom. The van der Waals surface area contributed by atoms with Crippen molar-refractivity contribution in [3.63, 3.8) is 0 Å². The van der Waals surface area contributed by atoms with E-state index in [2.05, 4.69) is 0 Å². The summed E-state index contributed by atoms with van der Waals surface area (Å²) in [7, 11) is -2.02. The summed E-state index contributed by atoms with van der Waals surface area (Å²) >= 11 is 0. The second-order valence-electron chi connectivity index (χ2n) is 4.26. The van der Waals surface area contributed by atoms with Crippen molar-refractivity contribution < 1.29 is 17.3 Å². The molecule has 0 aromatic rings. The highest BCUT2D eigenvalue weighted by Gasteiger charge is 2.27. The van der Waals surface area contributed by atoms with Gasteiger partial charge in [-0.3, -0.25) is 4.18 Å². The zero-order chi connectivity index (χ0) is 12.4. The molecule has 0 spiro atoms. The van der Waals surface area contributed by atoms with E-state index in [1.54, 1.807) is 33.1 Å². The molecule has 0 aromatic carbocycles. The maximum absolute atomic E-state index is 11.7. The molecule has 0 aromatic heterocycles. The summed E-state index contributed by atoms with van der Waals surface area (Å²) in [6.45, 7) is 5.26. The highest BCUT2D eigenvalue weighted by Crippen LogP contribution is 2.26. The molecule has 1 aliphatic rings. The summed E-state index contributed by atoms with van der Waals surface area (Å²) in [5, 5.41) is 0. The molecule has 1 atom stereocenters. The van der Waals surface area contributed by atoms with Gasteiger partial charge >= 0.3 is 0 Å². The minimum Gasteiger partial charge on any atom is -0.374 e. The summed E-state index contributed by atoms with van der Waals surface area (Å²) in [5.74, 6) is 0. The van der Waals surface area contributed by atoms with Gasteiger partial charge in [-0.05, 0) is 33.3 Å². The molecule has 92 valence electrons. The van der Waals surface area contributed by atoms with E-state index in [0.717, 1.165) is 0 Å². The van der Waals surface area contributed by atoms with E-state index in [-0.39, 0.29) is 11.0 Å². The lowest BCUT2D eigenvalue weighted by Crippen LogP contribution is -2.26. The van der Waals surface area contributed by atoms with Crippen molar-refractivity contribution in [3.05, 3.63) is 23.1 Å². The third-order valence-corrected chi connectivity index (χ3v) is 3.90. The molecule has 0 fully saturated rings. The second kappa shape index (κ2) is 4.69. The standard InChI is InChI=1S/C11H18O4S/c1-9(2)15-16(12,13)10-5-7-11(3,14-4)8-6-10/h5-7,9H,8H2,1-4H3/t11-/m0/s1. The molecule has 5 heteroatoms. The van der Waals surface area contributed by atoms with Gasteiger partial charge in [0, 0.05) is 7.11 Å². The Balaban J connectivity index is 2.84. The van der Waals surface area contributed by atoms with Crippen LogP contribution in [0.25, 0.3) is 0 Å². The predicted octanol–water partition coefficient (Wildman–Crippen LogP) is 1.99. The van der Waals surface area contributed by atoms with Crippen LogP contribution in [-0.2, 0) is 19.0 Å². The zero-order valence-corrected chi connectivity index (χ0v) is 10.9. The van der Waals surface area contributed by atoms with Crippen LogP contribution in [-0.4, -0.2) is 27.2 Å². The van der Waals surface area contributed by atoms with Gasteiger partial charge in [0.2, 0.25) is 0 Å². The van der Waals surface area contributed by atoms with E-state index in [9.17, 15) is 8.42 Å². The van der Waals surface area contributed by atoms with E-state index in [4.69, 9.17) is 8.92 Å². The first-order valence-electron chi connectivity index (χ1n) is 5.17. The average molecular weight is 246 g/mol.